The van der Waals surface area contributed by atoms with Crippen molar-refractivity contribution in [3.8, 4) is 0 Å². The summed E-state index contributed by atoms with van der Waals surface area (Å²) >= 11 is 0. The topological polar surface area (TPSA) is 112 Å². The average molecular weight is 293 g/mol. The molecule has 0 heterocycles. The Balaban J connectivity index is 2.27. The Labute approximate surface area is 122 Å². The van der Waals surface area contributed by atoms with Crippen molar-refractivity contribution in [1.29, 1.82) is 0 Å². The second kappa shape index (κ2) is 5.77. The van der Waals surface area contributed by atoms with Crippen LogP contribution in [0.15, 0.2) is 18.2 Å². The third-order valence-electron chi connectivity index (χ3n) is 4.34. The number of non-ortho nitro benzene ring substituents is 1. The van der Waals surface area contributed by atoms with Gasteiger partial charge in [0.15, 0.2) is 0 Å². The summed E-state index contributed by atoms with van der Waals surface area (Å²) in [5, 5.41) is 21.9. The number of nitro benzene ring substituents is 2. The Morgan fingerprint density at radius 3 is 2.57 bits per heavy atom. The summed E-state index contributed by atoms with van der Waals surface area (Å²) in [4.78, 5) is 20.7. The summed E-state index contributed by atoms with van der Waals surface area (Å²) in [5.41, 5.74) is 5.92. The Hall–Kier alpha value is -2.02. The highest BCUT2D eigenvalue weighted by molar-refractivity contribution is 5.49. The van der Waals surface area contributed by atoms with Gasteiger partial charge in [0.1, 0.15) is 0 Å². The fourth-order valence-electron chi connectivity index (χ4n) is 3.14. The zero-order chi connectivity index (χ0) is 15.6. The second-order valence-electron chi connectivity index (χ2n) is 5.88. The predicted molar refractivity (Wildman–Crippen MR) is 78.0 cm³/mol. The van der Waals surface area contributed by atoms with Crippen LogP contribution in [0.3, 0.4) is 0 Å². The van der Waals surface area contributed by atoms with Gasteiger partial charge in [-0.15, -0.1) is 0 Å². The molecule has 114 valence electrons. The number of nitro groups is 2. The van der Waals surface area contributed by atoms with E-state index < -0.39 is 15.4 Å². The Bertz CT molecular complexity index is 575. The van der Waals surface area contributed by atoms with Gasteiger partial charge in [-0.2, -0.15) is 0 Å². The molecule has 2 atom stereocenters. The minimum absolute atomic E-state index is 0.214. The van der Waals surface area contributed by atoms with E-state index in [2.05, 4.69) is 6.92 Å². The normalized spacial score (nSPS) is 25.0. The summed E-state index contributed by atoms with van der Waals surface area (Å²) in [6, 6.07) is 3.78. The largest absolute Gasteiger partial charge is 0.325 e. The van der Waals surface area contributed by atoms with Crippen LogP contribution in [0.1, 0.15) is 38.2 Å². The highest BCUT2D eigenvalue weighted by Gasteiger charge is 2.36. The lowest BCUT2D eigenvalue weighted by Gasteiger charge is -2.24. The molecular weight excluding hydrogens is 274 g/mol. The zero-order valence-corrected chi connectivity index (χ0v) is 11.9. The first-order valence-corrected chi connectivity index (χ1v) is 7.05. The quantitative estimate of drug-likeness (QED) is 0.662. The molecule has 7 nitrogen and oxygen atoms in total. The van der Waals surface area contributed by atoms with Crippen LogP contribution >= 0.6 is 0 Å². The first-order valence-electron chi connectivity index (χ1n) is 7.05. The van der Waals surface area contributed by atoms with Crippen molar-refractivity contribution in [1.82, 2.24) is 0 Å². The van der Waals surface area contributed by atoms with Gasteiger partial charge in [0.2, 0.25) is 0 Å². The Morgan fingerprint density at radius 2 is 2.05 bits per heavy atom. The number of nitrogens with two attached hydrogens (primary N) is 1. The standard InChI is InChI=1S/C14H19N3O4/c1-2-10-5-6-14(15,8-10)9-11-3-4-12(16(18)19)7-13(11)17(20)21/h3-4,7,10H,2,5-6,8-9,15H2,1H3. The summed E-state index contributed by atoms with van der Waals surface area (Å²) < 4.78 is 0. The number of hydrogen-bond acceptors (Lipinski definition) is 5. The van der Waals surface area contributed by atoms with Crippen molar-refractivity contribution in [2.24, 2.45) is 11.7 Å². The van der Waals surface area contributed by atoms with Gasteiger partial charge in [-0.05, 0) is 37.7 Å². The maximum Gasteiger partial charge on any atom is 0.279 e. The van der Waals surface area contributed by atoms with E-state index in [4.69, 9.17) is 5.73 Å². The minimum Gasteiger partial charge on any atom is -0.325 e. The van der Waals surface area contributed by atoms with Crippen LogP contribution in [0.5, 0.6) is 0 Å². The molecule has 1 saturated carbocycles. The molecule has 7 heteroatoms. The lowest BCUT2D eigenvalue weighted by molar-refractivity contribution is -0.394. The van der Waals surface area contributed by atoms with Crippen LogP contribution in [0.4, 0.5) is 11.4 Å². The third-order valence-corrected chi connectivity index (χ3v) is 4.34. The smallest absolute Gasteiger partial charge is 0.279 e. The van der Waals surface area contributed by atoms with Crippen LogP contribution in [-0.4, -0.2) is 15.4 Å². The highest BCUT2D eigenvalue weighted by atomic mass is 16.6. The van der Waals surface area contributed by atoms with Crippen molar-refractivity contribution in [2.45, 2.75) is 44.6 Å². The van der Waals surface area contributed by atoms with Gasteiger partial charge in [0, 0.05) is 17.2 Å². The molecule has 0 radical (unpaired) electrons. The van der Waals surface area contributed by atoms with E-state index in [0.717, 1.165) is 31.7 Å². The van der Waals surface area contributed by atoms with E-state index in [1.807, 2.05) is 0 Å². The second-order valence-corrected chi connectivity index (χ2v) is 5.88. The molecule has 0 bridgehead atoms. The van der Waals surface area contributed by atoms with Crippen LogP contribution in [0, 0.1) is 26.1 Å². The first-order chi connectivity index (χ1) is 9.84. The summed E-state index contributed by atoms with van der Waals surface area (Å²) in [7, 11) is 0. The van der Waals surface area contributed by atoms with Crippen molar-refractivity contribution < 1.29 is 9.85 Å². The number of rotatable bonds is 5. The van der Waals surface area contributed by atoms with Gasteiger partial charge >= 0.3 is 0 Å². The molecule has 0 aromatic heterocycles. The van der Waals surface area contributed by atoms with Gasteiger partial charge in [-0.25, -0.2) is 0 Å². The van der Waals surface area contributed by atoms with Gasteiger partial charge in [0.25, 0.3) is 11.4 Å². The van der Waals surface area contributed by atoms with E-state index in [9.17, 15) is 20.2 Å². The van der Waals surface area contributed by atoms with E-state index in [0.29, 0.717) is 17.9 Å². The summed E-state index contributed by atoms with van der Waals surface area (Å²) in [5.74, 6) is 0.562. The van der Waals surface area contributed by atoms with E-state index in [1.54, 1.807) is 0 Å². The minimum atomic E-state index is -0.627. The van der Waals surface area contributed by atoms with Crippen LogP contribution in [0.2, 0.25) is 0 Å². The average Bonchev–Trinajstić information content (AvgIpc) is 2.80. The first kappa shape index (κ1) is 15.4. The molecule has 2 N–H and O–H groups in total. The number of benzene rings is 1. The molecule has 1 aromatic rings. The monoisotopic (exact) mass is 293 g/mol. The lowest BCUT2D eigenvalue weighted by Crippen LogP contribution is -2.39. The van der Waals surface area contributed by atoms with Gasteiger partial charge in [0.05, 0.1) is 15.9 Å². The van der Waals surface area contributed by atoms with Crippen molar-refractivity contribution in [3.63, 3.8) is 0 Å². The van der Waals surface area contributed by atoms with Crippen molar-refractivity contribution in [2.75, 3.05) is 0 Å². The highest BCUT2D eigenvalue weighted by Crippen LogP contribution is 2.38. The fourth-order valence-corrected chi connectivity index (χ4v) is 3.14. The van der Waals surface area contributed by atoms with Crippen LogP contribution in [0.25, 0.3) is 0 Å². The zero-order valence-electron chi connectivity index (χ0n) is 11.9. The molecular formula is C14H19N3O4. The maximum absolute atomic E-state index is 11.1. The Kier molecular flexibility index (Phi) is 4.22. The van der Waals surface area contributed by atoms with Gasteiger partial charge in [-0.1, -0.05) is 13.3 Å². The third kappa shape index (κ3) is 3.36. The van der Waals surface area contributed by atoms with Crippen molar-refractivity contribution >= 4 is 11.4 Å². The van der Waals surface area contributed by atoms with E-state index in [-0.39, 0.29) is 11.4 Å². The molecule has 1 fully saturated rings. The lowest BCUT2D eigenvalue weighted by atomic mass is 9.88. The maximum atomic E-state index is 11.1. The molecule has 2 rings (SSSR count). The SMILES string of the molecule is CCC1CCC(N)(Cc2ccc([N+](=O)[O-])cc2[N+](=O)[O-])C1. The van der Waals surface area contributed by atoms with E-state index in [1.165, 1.54) is 12.1 Å². The molecule has 1 aromatic carbocycles. The summed E-state index contributed by atoms with van der Waals surface area (Å²) in [6.45, 7) is 2.12. The van der Waals surface area contributed by atoms with Gasteiger partial charge < -0.3 is 5.73 Å². The van der Waals surface area contributed by atoms with Crippen LogP contribution < -0.4 is 5.73 Å². The number of nitrogens with zero attached hydrogens (tertiary/aromatic N) is 2. The molecule has 1 aliphatic rings. The molecule has 0 aliphatic heterocycles. The molecule has 0 spiro atoms. The van der Waals surface area contributed by atoms with Crippen LogP contribution in [-0.2, 0) is 6.42 Å². The molecule has 21 heavy (non-hydrogen) atoms. The summed E-state index contributed by atoms with van der Waals surface area (Å²) in [6.07, 6.45) is 4.16. The predicted octanol–water partition coefficient (Wildman–Crippen LogP) is 2.95. The van der Waals surface area contributed by atoms with E-state index >= 15 is 0 Å². The molecule has 2 unspecified atom stereocenters. The Morgan fingerprint density at radius 1 is 1.33 bits per heavy atom. The molecule has 1 aliphatic carbocycles. The van der Waals surface area contributed by atoms with Crippen molar-refractivity contribution in [3.05, 3.63) is 44.0 Å². The number of hydrogen-bond donors (Lipinski definition) is 1. The fraction of sp³-hybridized carbons (Fsp3) is 0.571. The van der Waals surface area contributed by atoms with Gasteiger partial charge in [-0.3, -0.25) is 20.2 Å². The molecule has 0 amide bonds. The molecule has 0 saturated heterocycles.